The van der Waals surface area contributed by atoms with Crippen LogP contribution in [0.5, 0.6) is 0 Å². The van der Waals surface area contributed by atoms with E-state index in [1.165, 1.54) is 18.2 Å². The molecule has 1 atom stereocenters. The molecule has 2 heterocycles. The molecule has 1 amide bonds. The number of hydrogen-bond donors (Lipinski definition) is 2. The van der Waals surface area contributed by atoms with Crippen molar-refractivity contribution in [1.82, 2.24) is 15.3 Å². The number of rotatable bonds is 8. The van der Waals surface area contributed by atoms with Crippen molar-refractivity contribution in [2.75, 3.05) is 12.3 Å². The van der Waals surface area contributed by atoms with Crippen molar-refractivity contribution in [3.8, 4) is 0 Å². The number of amides is 1. The summed E-state index contributed by atoms with van der Waals surface area (Å²) in [6.45, 7) is 6.82. The Morgan fingerprint density at radius 3 is 2.53 bits per heavy atom. The number of nitrogen functional groups attached to an aromatic ring is 1. The van der Waals surface area contributed by atoms with Gasteiger partial charge in [0.25, 0.3) is 5.91 Å². The molecule has 0 aliphatic rings. The molecule has 0 bridgehead atoms. The minimum Gasteiger partial charge on any atom is -0.462 e. The van der Waals surface area contributed by atoms with E-state index in [1.807, 2.05) is 0 Å². The molecule has 180 valence electrons. The first kappa shape index (κ1) is 25.0. The van der Waals surface area contributed by atoms with Crippen LogP contribution in [-0.4, -0.2) is 40.5 Å². The standard InChI is InChI=1S/C23H25FN4O5S/c1-5-32-23(31)18-12(4)16-19(25)26-15(27-21(16)34-18)10-33-22(30)17(11(2)3)28-20(29)13-8-6-7-9-14(13)24/h6-9,11,17H,5,10H2,1-4H3,(H,28,29)(H2,25,26,27)/t17-/m1/s1. The lowest BCUT2D eigenvalue weighted by atomic mass is 10.0. The van der Waals surface area contributed by atoms with Gasteiger partial charge in [0.2, 0.25) is 0 Å². The lowest BCUT2D eigenvalue weighted by Crippen LogP contribution is -2.45. The number of nitrogens with zero attached hydrogens (tertiary/aromatic N) is 2. The third-order valence-electron chi connectivity index (χ3n) is 4.99. The van der Waals surface area contributed by atoms with Crippen molar-refractivity contribution in [3.63, 3.8) is 0 Å². The molecule has 34 heavy (non-hydrogen) atoms. The highest BCUT2D eigenvalue weighted by molar-refractivity contribution is 7.20. The number of fused-ring (bicyclic) bond motifs is 1. The predicted octanol–water partition coefficient (Wildman–Crippen LogP) is 3.40. The summed E-state index contributed by atoms with van der Waals surface area (Å²) in [5.74, 6) is -2.66. The van der Waals surface area contributed by atoms with Crippen LogP contribution in [-0.2, 0) is 20.9 Å². The predicted molar refractivity (Wildman–Crippen MR) is 125 cm³/mol. The molecule has 2 aromatic heterocycles. The lowest BCUT2D eigenvalue weighted by molar-refractivity contribution is -0.148. The summed E-state index contributed by atoms with van der Waals surface area (Å²) in [6, 6.07) is 4.46. The van der Waals surface area contributed by atoms with Gasteiger partial charge in [-0.25, -0.2) is 23.9 Å². The molecule has 0 aliphatic heterocycles. The smallest absolute Gasteiger partial charge is 0.348 e. The van der Waals surface area contributed by atoms with Gasteiger partial charge >= 0.3 is 11.9 Å². The van der Waals surface area contributed by atoms with Crippen LogP contribution in [0, 0.1) is 18.7 Å². The van der Waals surface area contributed by atoms with Gasteiger partial charge in [-0.3, -0.25) is 4.79 Å². The summed E-state index contributed by atoms with van der Waals surface area (Å²) in [4.78, 5) is 46.7. The second-order valence-corrected chi connectivity index (χ2v) is 8.76. The van der Waals surface area contributed by atoms with Crippen molar-refractivity contribution in [2.24, 2.45) is 5.92 Å². The van der Waals surface area contributed by atoms with Crippen LogP contribution in [0.15, 0.2) is 24.3 Å². The number of thiophene rings is 1. The Kier molecular flexibility index (Phi) is 7.77. The van der Waals surface area contributed by atoms with E-state index in [9.17, 15) is 18.8 Å². The van der Waals surface area contributed by atoms with Crippen LogP contribution < -0.4 is 11.1 Å². The second kappa shape index (κ2) is 10.6. The Morgan fingerprint density at radius 1 is 1.18 bits per heavy atom. The maximum absolute atomic E-state index is 13.9. The Labute approximate surface area is 199 Å². The van der Waals surface area contributed by atoms with E-state index in [1.54, 1.807) is 27.7 Å². The number of carbonyl (C=O) groups excluding carboxylic acids is 3. The van der Waals surface area contributed by atoms with E-state index in [4.69, 9.17) is 15.2 Å². The summed E-state index contributed by atoms with van der Waals surface area (Å²) < 4.78 is 24.3. The van der Waals surface area contributed by atoms with E-state index in [0.717, 1.165) is 17.4 Å². The van der Waals surface area contributed by atoms with Gasteiger partial charge < -0.3 is 20.5 Å². The largest absolute Gasteiger partial charge is 0.462 e. The number of hydrogen-bond acceptors (Lipinski definition) is 9. The van der Waals surface area contributed by atoms with Crippen LogP contribution in [0.4, 0.5) is 10.2 Å². The zero-order valence-electron chi connectivity index (χ0n) is 19.2. The third kappa shape index (κ3) is 5.30. The molecule has 0 saturated carbocycles. The molecule has 0 aliphatic carbocycles. The van der Waals surface area contributed by atoms with E-state index in [2.05, 4.69) is 15.3 Å². The molecule has 0 saturated heterocycles. The number of halogens is 1. The van der Waals surface area contributed by atoms with Gasteiger partial charge in [0.05, 0.1) is 17.6 Å². The van der Waals surface area contributed by atoms with E-state index in [0.29, 0.717) is 20.7 Å². The van der Waals surface area contributed by atoms with Crippen LogP contribution in [0.3, 0.4) is 0 Å². The second-order valence-electron chi connectivity index (χ2n) is 7.76. The molecular formula is C23H25FN4O5S. The van der Waals surface area contributed by atoms with Crippen molar-refractivity contribution in [3.05, 3.63) is 51.9 Å². The van der Waals surface area contributed by atoms with E-state index >= 15 is 0 Å². The van der Waals surface area contributed by atoms with Crippen molar-refractivity contribution >= 4 is 45.2 Å². The average Bonchev–Trinajstić information content (AvgIpc) is 3.12. The number of carbonyl (C=O) groups is 3. The molecule has 1 aromatic carbocycles. The van der Waals surface area contributed by atoms with Crippen molar-refractivity contribution in [2.45, 2.75) is 40.3 Å². The molecule has 9 nitrogen and oxygen atoms in total. The van der Waals surface area contributed by atoms with Gasteiger partial charge in [0.15, 0.2) is 12.4 Å². The summed E-state index contributed by atoms with van der Waals surface area (Å²) in [5.41, 5.74) is 6.52. The zero-order valence-corrected chi connectivity index (χ0v) is 20.0. The quantitative estimate of drug-likeness (QED) is 0.461. The average molecular weight is 489 g/mol. The number of aromatic nitrogens is 2. The number of esters is 2. The third-order valence-corrected chi connectivity index (χ3v) is 6.16. The molecular weight excluding hydrogens is 463 g/mol. The zero-order chi connectivity index (χ0) is 25.0. The molecule has 3 aromatic rings. The molecule has 3 rings (SSSR count). The van der Waals surface area contributed by atoms with Crippen molar-refractivity contribution < 1.29 is 28.2 Å². The van der Waals surface area contributed by atoms with Crippen LogP contribution in [0.25, 0.3) is 10.2 Å². The maximum Gasteiger partial charge on any atom is 0.348 e. The Bertz CT molecular complexity index is 1240. The number of anilines is 1. The Hall–Kier alpha value is -3.60. The summed E-state index contributed by atoms with van der Waals surface area (Å²) in [5, 5.41) is 3.06. The first-order chi connectivity index (χ1) is 16.1. The molecule has 0 spiro atoms. The highest BCUT2D eigenvalue weighted by Crippen LogP contribution is 2.33. The Morgan fingerprint density at radius 2 is 1.88 bits per heavy atom. The first-order valence-corrected chi connectivity index (χ1v) is 11.4. The van der Waals surface area contributed by atoms with E-state index < -0.39 is 29.7 Å². The van der Waals surface area contributed by atoms with Gasteiger partial charge in [0.1, 0.15) is 27.4 Å². The van der Waals surface area contributed by atoms with Crippen molar-refractivity contribution in [1.29, 1.82) is 0 Å². The summed E-state index contributed by atoms with van der Waals surface area (Å²) in [6.07, 6.45) is 0. The van der Waals surface area contributed by atoms with Gasteiger partial charge in [-0.1, -0.05) is 26.0 Å². The fraction of sp³-hybridized carbons (Fsp3) is 0.348. The molecule has 3 N–H and O–H groups in total. The fourth-order valence-electron chi connectivity index (χ4n) is 3.26. The molecule has 0 unspecified atom stereocenters. The van der Waals surface area contributed by atoms with Crippen LogP contribution >= 0.6 is 11.3 Å². The summed E-state index contributed by atoms with van der Waals surface area (Å²) >= 11 is 1.11. The number of ether oxygens (including phenoxy) is 2. The first-order valence-electron chi connectivity index (χ1n) is 10.6. The highest BCUT2D eigenvalue weighted by Gasteiger charge is 2.28. The lowest BCUT2D eigenvalue weighted by Gasteiger charge is -2.21. The molecule has 0 fully saturated rings. The minimum atomic E-state index is -1.02. The Balaban J connectivity index is 1.75. The van der Waals surface area contributed by atoms with Gasteiger partial charge in [-0.2, -0.15) is 0 Å². The van der Waals surface area contributed by atoms with E-state index in [-0.39, 0.29) is 36.3 Å². The minimum absolute atomic E-state index is 0.137. The summed E-state index contributed by atoms with van der Waals surface area (Å²) in [7, 11) is 0. The monoisotopic (exact) mass is 488 g/mol. The number of benzene rings is 1. The van der Waals surface area contributed by atoms with Gasteiger partial charge in [0, 0.05) is 0 Å². The SMILES string of the molecule is CCOC(=O)c1sc2nc(COC(=O)[C@H](NC(=O)c3ccccc3F)C(C)C)nc(N)c2c1C. The number of nitrogens with two attached hydrogens (primary N) is 1. The molecule has 11 heteroatoms. The fourth-order valence-corrected chi connectivity index (χ4v) is 4.36. The van der Waals surface area contributed by atoms with Crippen LogP contribution in [0.1, 0.15) is 52.2 Å². The van der Waals surface area contributed by atoms with Gasteiger partial charge in [-0.05, 0) is 37.5 Å². The molecule has 0 radical (unpaired) electrons. The van der Waals surface area contributed by atoms with Crippen LogP contribution in [0.2, 0.25) is 0 Å². The number of aryl methyl sites for hydroxylation is 1. The maximum atomic E-state index is 13.9. The normalized spacial score (nSPS) is 11.9. The van der Waals surface area contributed by atoms with Gasteiger partial charge in [-0.15, -0.1) is 11.3 Å². The topological polar surface area (TPSA) is 134 Å². The highest BCUT2D eigenvalue weighted by atomic mass is 32.1. The number of nitrogens with one attached hydrogen (secondary N) is 1.